The fraction of sp³-hybridized carbons (Fsp3) is 0.550. The Hall–Kier alpha value is -2.78. The summed E-state index contributed by atoms with van der Waals surface area (Å²) in [6, 6.07) is 3.52. The van der Waals surface area contributed by atoms with Gasteiger partial charge < -0.3 is 20.4 Å². The van der Waals surface area contributed by atoms with Gasteiger partial charge in [-0.05, 0) is 44.2 Å². The van der Waals surface area contributed by atoms with Crippen LogP contribution in [0.1, 0.15) is 41.6 Å². The summed E-state index contributed by atoms with van der Waals surface area (Å²) in [7, 11) is 0. The largest absolute Gasteiger partial charge is 0.405 e. The van der Waals surface area contributed by atoms with Gasteiger partial charge >= 0.3 is 12.2 Å². The Bertz CT molecular complexity index is 822. The van der Waals surface area contributed by atoms with Gasteiger partial charge in [0.2, 0.25) is 5.91 Å². The summed E-state index contributed by atoms with van der Waals surface area (Å²) in [6.07, 6.45) is -1.87. The van der Waals surface area contributed by atoms with Gasteiger partial charge in [-0.15, -0.1) is 0 Å². The maximum absolute atomic E-state index is 12.9. The van der Waals surface area contributed by atoms with Gasteiger partial charge in [-0.2, -0.15) is 13.2 Å². The van der Waals surface area contributed by atoms with Crippen LogP contribution in [0.25, 0.3) is 0 Å². The lowest BCUT2D eigenvalue weighted by Crippen LogP contribution is -2.49. The smallest absolute Gasteiger partial charge is 0.345 e. The van der Waals surface area contributed by atoms with Crippen molar-refractivity contribution in [3.8, 4) is 0 Å². The Morgan fingerprint density at radius 3 is 2.47 bits per heavy atom. The SMILES string of the molecule is Cc1cccc(NC(=O)N2CCCC2C(=O)NCC(F)(F)F)c1C(=O)N1CCCC1. The van der Waals surface area contributed by atoms with E-state index >= 15 is 0 Å². The molecule has 0 spiro atoms. The van der Waals surface area contributed by atoms with Gasteiger partial charge in [-0.1, -0.05) is 12.1 Å². The summed E-state index contributed by atoms with van der Waals surface area (Å²) < 4.78 is 37.2. The molecule has 1 unspecified atom stereocenters. The second-order valence-electron chi connectivity index (χ2n) is 7.61. The molecule has 1 aromatic rings. The highest BCUT2D eigenvalue weighted by molar-refractivity contribution is 6.05. The fourth-order valence-electron chi connectivity index (χ4n) is 3.91. The van der Waals surface area contributed by atoms with Gasteiger partial charge in [0.05, 0.1) is 11.3 Å². The average Bonchev–Trinajstić information content (AvgIpc) is 3.37. The summed E-state index contributed by atoms with van der Waals surface area (Å²) in [6.45, 7) is 1.91. The number of urea groups is 1. The molecule has 0 saturated carbocycles. The predicted molar refractivity (Wildman–Crippen MR) is 104 cm³/mol. The van der Waals surface area contributed by atoms with Crippen molar-refractivity contribution in [1.82, 2.24) is 15.1 Å². The number of nitrogens with zero attached hydrogens (tertiary/aromatic N) is 2. The zero-order valence-electron chi connectivity index (χ0n) is 16.7. The van der Waals surface area contributed by atoms with Gasteiger partial charge in [-0.3, -0.25) is 9.59 Å². The molecule has 2 N–H and O–H groups in total. The van der Waals surface area contributed by atoms with E-state index in [1.54, 1.807) is 30.0 Å². The van der Waals surface area contributed by atoms with Crippen molar-refractivity contribution in [1.29, 1.82) is 0 Å². The van der Waals surface area contributed by atoms with Crippen LogP contribution in [0.2, 0.25) is 0 Å². The number of carbonyl (C=O) groups excluding carboxylic acids is 3. The predicted octanol–water partition coefficient (Wildman–Crippen LogP) is 2.91. The van der Waals surface area contributed by atoms with Crippen LogP contribution in [0.4, 0.5) is 23.7 Å². The lowest BCUT2D eigenvalue weighted by atomic mass is 10.1. The zero-order chi connectivity index (χ0) is 21.9. The van der Waals surface area contributed by atoms with E-state index in [1.807, 2.05) is 5.32 Å². The van der Waals surface area contributed by atoms with E-state index in [0.29, 0.717) is 36.3 Å². The van der Waals surface area contributed by atoms with Gasteiger partial charge in [-0.25, -0.2) is 4.79 Å². The molecule has 2 aliphatic rings. The first-order valence-electron chi connectivity index (χ1n) is 9.98. The third kappa shape index (κ3) is 5.03. The molecule has 2 heterocycles. The van der Waals surface area contributed by atoms with Crippen molar-refractivity contribution in [2.75, 3.05) is 31.5 Å². The second-order valence-corrected chi connectivity index (χ2v) is 7.61. The van der Waals surface area contributed by atoms with Gasteiger partial charge in [0.15, 0.2) is 0 Å². The van der Waals surface area contributed by atoms with Gasteiger partial charge in [0.1, 0.15) is 12.6 Å². The molecule has 30 heavy (non-hydrogen) atoms. The van der Waals surface area contributed by atoms with Crippen LogP contribution >= 0.6 is 0 Å². The van der Waals surface area contributed by atoms with Crippen LogP contribution in [0.3, 0.4) is 0 Å². The normalized spacial score (nSPS) is 19.1. The topological polar surface area (TPSA) is 81.8 Å². The van der Waals surface area contributed by atoms with E-state index < -0.39 is 30.7 Å². The molecular formula is C20H25F3N4O3. The molecule has 2 fully saturated rings. The first kappa shape index (κ1) is 21.9. The number of alkyl halides is 3. The number of hydrogen-bond acceptors (Lipinski definition) is 3. The van der Waals surface area contributed by atoms with Crippen LogP contribution in [0, 0.1) is 6.92 Å². The van der Waals surface area contributed by atoms with Crippen LogP contribution in [0.5, 0.6) is 0 Å². The summed E-state index contributed by atoms with van der Waals surface area (Å²) in [5, 5.41) is 4.53. The lowest BCUT2D eigenvalue weighted by Gasteiger charge is -2.26. The molecule has 10 heteroatoms. The number of halogens is 3. The third-order valence-electron chi connectivity index (χ3n) is 5.40. The van der Waals surface area contributed by atoms with Gasteiger partial charge in [0, 0.05) is 19.6 Å². The van der Waals surface area contributed by atoms with Gasteiger partial charge in [0.25, 0.3) is 5.91 Å². The summed E-state index contributed by atoms with van der Waals surface area (Å²) in [5.41, 5.74) is 1.44. The molecule has 1 aromatic carbocycles. The van der Waals surface area contributed by atoms with E-state index in [-0.39, 0.29) is 18.9 Å². The van der Waals surface area contributed by atoms with Crippen molar-refractivity contribution in [2.24, 2.45) is 0 Å². The summed E-state index contributed by atoms with van der Waals surface area (Å²) in [5.74, 6) is -1.00. The average molecular weight is 426 g/mol. The standard InChI is InChI=1S/C20H25F3N4O3/c1-13-6-4-7-14(16(13)18(29)26-9-2-3-10-26)25-19(30)27-11-5-8-15(27)17(28)24-12-20(21,22)23/h4,6-7,15H,2-3,5,8-12H2,1H3,(H,24,28)(H,25,30). The molecule has 2 saturated heterocycles. The van der Waals surface area contributed by atoms with Crippen molar-refractivity contribution >= 4 is 23.5 Å². The highest BCUT2D eigenvalue weighted by atomic mass is 19.4. The highest BCUT2D eigenvalue weighted by Crippen LogP contribution is 2.26. The quantitative estimate of drug-likeness (QED) is 0.777. The number of benzene rings is 1. The van der Waals surface area contributed by atoms with Crippen molar-refractivity contribution in [2.45, 2.75) is 44.8 Å². The number of anilines is 1. The molecule has 2 aliphatic heterocycles. The monoisotopic (exact) mass is 426 g/mol. The minimum absolute atomic E-state index is 0.165. The Morgan fingerprint density at radius 1 is 1.10 bits per heavy atom. The fourth-order valence-corrected chi connectivity index (χ4v) is 3.91. The number of rotatable bonds is 4. The Balaban J connectivity index is 1.73. The lowest BCUT2D eigenvalue weighted by molar-refractivity contribution is -0.140. The molecule has 164 valence electrons. The summed E-state index contributed by atoms with van der Waals surface area (Å²) in [4.78, 5) is 40.9. The third-order valence-corrected chi connectivity index (χ3v) is 5.40. The van der Waals surface area contributed by atoms with E-state index in [1.165, 1.54) is 4.90 Å². The summed E-state index contributed by atoms with van der Waals surface area (Å²) >= 11 is 0. The minimum Gasteiger partial charge on any atom is -0.345 e. The molecular weight excluding hydrogens is 401 g/mol. The maximum Gasteiger partial charge on any atom is 0.405 e. The number of likely N-dealkylation sites (tertiary alicyclic amines) is 2. The van der Waals surface area contributed by atoms with E-state index in [0.717, 1.165) is 12.8 Å². The number of amides is 4. The second kappa shape index (κ2) is 8.93. The van der Waals surface area contributed by atoms with Crippen LogP contribution in [-0.2, 0) is 4.79 Å². The molecule has 3 rings (SSSR count). The molecule has 7 nitrogen and oxygen atoms in total. The first-order valence-corrected chi connectivity index (χ1v) is 9.98. The Kier molecular flexibility index (Phi) is 6.52. The van der Waals surface area contributed by atoms with Crippen molar-refractivity contribution < 1.29 is 27.6 Å². The van der Waals surface area contributed by atoms with Crippen molar-refractivity contribution in [3.05, 3.63) is 29.3 Å². The van der Waals surface area contributed by atoms with Crippen LogP contribution in [0.15, 0.2) is 18.2 Å². The molecule has 0 radical (unpaired) electrons. The molecule has 0 aromatic heterocycles. The number of carbonyl (C=O) groups is 3. The highest BCUT2D eigenvalue weighted by Gasteiger charge is 2.37. The van der Waals surface area contributed by atoms with E-state index in [9.17, 15) is 27.6 Å². The van der Waals surface area contributed by atoms with Crippen LogP contribution < -0.4 is 10.6 Å². The molecule has 4 amide bonds. The Labute approximate surface area is 172 Å². The van der Waals surface area contributed by atoms with Crippen LogP contribution in [-0.4, -0.2) is 66.0 Å². The van der Waals surface area contributed by atoms with E-state index in [4.69, 9.17) is 0 Å². The molecule has 0 aliphatic carbocycles. The first-order chi connectivity index (χ1) is 14.2. The molecule has 1 atom stereocenters. The number of hydrogen-bond donors (Lipinski definition) is 2. The number of aryl methyl sites for hydroxylation is 1. The Morgan fingerprint density at radius 2 is 1.80 bits per heavy atom. The minimum atomic E-state index is -4.52. The van der Waals surface area contributed by atoms with Crippen molar-refractivity contribution in [3.63, 3.8) is 0 Å². The molecule has 0 bridgehead atoms. The van der Waals surface area contributed by atoms with E-state index in [2.05, 4.69) is 5.32 Å². The zero-order valence-corrected chi connectivity index (χ0v) is 16.7. The maximum atomic E-state index is 12.9. The number of nitrogens with one attached hydrogen (secondary N) is 2.